The lowest BCUT2D eigenvalue weighted by molar-refractivity contribution is 0.419. The van der Waals surface area contributed by atoms with E-state index in [2.05, 4.69) is 11.9 Å². The zero-order valence-electron chi connectivity index (χ0n) is 9.54. The number of H-pyrrole nitrogens is 1. The molecule has 0 saturated heterocycles. The molecule has 84 valence electrons. The number of aromatic nitrogens is 1. The molecule has 0 amide bonds. The van der Waals surface area contributed by atoms with Crippen molar-refractivity contribution in [3.63, 3.8) is 0 Å². The average Bonchev–Trinajstić information content (AvgIpc) is 2.29. The first kappa shape index (κ1) is 10.7. The summed E-state index contributed by atoms with van der Waals surface area (Å²) in [7, 11) is 1.61. The predicted molar refractivity (Wildman–Crippen MR) is 65.1 cm³/mol. The lowest BCUT2D eigenvalue weighted by atomic mass is 10.1. The van der Waals surface area contributed by atoms with Crippen LogP contribution in [0.3, 0.4) is 0 Å². The number of aryl methyl sites for hydroxylation is 1. The molecule has 1 aromatic carbocycles. The SMILES string of the molecule is CCCc1cc(=O)c2cccc(OC)c2[nH]1. The zero-order valence-corrected chi connectivity index (χ0v) is 9.54. The Morgan fingerprint density at radius 1 is 1.38 bits per heavy atom. The topological polar surface area (TPSA) is 42.1 Å². The Balaban J connectivity index is 2.72. The predicted octanol–water partition coefficient (Wildman–Crippen LogP) is 2.49. The normalized spacial score (nSPS) is 10.6. The van der Waals surface area contributed by atoms with Crippen LogP contribution in [0.4, 0.5) is 0 Å². The van der Waals surface area contributed by atoms with Crippen LogP contribution < -0.4 is 10.2 Å². The maximum absolute atomic E-state index is 11.9. The summed E-state index contributed by atoms with van der Waals surface area (Å²) in [4.78, 5) is 15.1. The van der Waals surface area contributed by atoms with E-state index in [1.165, 1.54) is 0 Å². The number of hydrogen-bond acceptors (Lipinski definition) is 2. The van der Waals surface area contributed by atoms with Gasteiger partial charge in [-0.3, -0.25) is 4.79 Å². The third kappa shape index (κ3) is 1.81. The number of ether oxygens (including phenoxy) is 1. The third-order valence-corrected chi connectivity index (χ3v) is 2.62. The van der Waals surface area contributed by atoms with Gasteiger partial charge in [0.1, 0.15) is 5.75 Å². The van der Waals surface area contributed by atoms with Gasteiger partial charge in [0.25, 0.3) is 0 Å². The van der Waals surface area contributed by atoms with Crippen LogP contribution in [0.5, 0.6) is 5.75 Å². The smallest absolute Gasteiger partial charge is 0.189 e. The van der Waals surface area contributed by atoms with Crippen molar-refractivity contribution < 1.29 is 4.74 Å². The molecule has 2 rings (SSSR count). The van der Waals surface area contributed by atoms with E-state index in [0.29, 0.717) is 11.1 Å². The molecule has 0 aliphatic rings. The summed E-state index contributed by atoms with van der Waals surface area (Å²) in [6, 6.07) is 7.17. The van der Waals surface area contributed by atoms with Crippen molar-refractivity contribution >= 4 is 10.9 Å². The highest BCUT2D eigenvalue weighted by atomic mass is 16.5. The molecule has 0 bridgehead atoms. The van der Waals surface area contributed by atoms with Gasteiger partial charge in [-0.05, 0) is 18.6 Å². The second kappa shape index (κ2) is 4.39. The summed E-state index contributed by atoms with van der Waals surface area (Å²) in [5.74, 6) is 0.715. The Labute approximate surface area is 94.1 Å². The van der Waals surface area contributed by atoms with E-state index < -0.39 is 0 Å². The minimum Gasteiger partial charge on any atom is -0.495 e. The van der Waals surface area contributed by atoms with E-state index in [1.54, 1.807) is 13.2 Å². The van der Waals surface area contributed by atoms with Crippen LogP contribution in [0, 0.1) is 0 Å². The van der Waals surface area contributed by atoms with E-state index in [4.69, 9.17) is 4.74 Å². The van der Waals surface area contributed by atoms with Gasteiger partial charge in [0.15, 0.2) is 5.43 Å². The van der Waals surface area contributed by atoms with Gasteiger partial charge in [-0.1, -0.05) is 19.4 Å². The fraction of sp³-hybridized carbons (Fsp3) is 0.308. The van der Waals surface area contributed by atoms with Crippen molar-refractivity contribution in [1.82, 2.24) is 4.98 Å². The number of methoxy groups -OCH3 is 1. The first-order valence-corrected chi connectivity index (χ1v) is 5.45. The molecule has 0 unspecified atom stereocenters. The van der Waals surface area contributed by atoms with Gasteiger partial charge in [-0.25, -0.2) is 0 Å². The Bertz CT molecular complexity index is 557. The number of pyridine rings is 1. The molecule has 1 heterocycles. The molecular formula is C13H15NO2. The van der Waals surface area contributed by atoms with Crippen LogP contribution in [-0.2, 0) is 6.42 Å². The second-order valence-electron chi connectivity index (χ2n) is 3.79. The van der Waals surface area contributed by atoms with Crippen molar-refractivity contribution in [2.45, 2.75) is 19.8 Å². The molecule has 2 aromatic rings. The standard InChI is InChI=1S/C13H15NO2/c1-3-5-9-8-11(15)10-6-4-7-12(16-2)13(10)14-9/h4,6-8H,3,5H2,1-2H3,(H,14,15). The Kier molecular flexibility index (Phi) is 2.95. The Morgan fingerprint density at radius 3 is 2.88 bits per heavy atom. The zero-order chi connectivity index (χ0) is 11.5. The number of rotatable bonds is 3. The first-order chi connectivity index (χ1) is 7.76. The van der Waals surface area contributed by atoms with Crippen LogP contribution >= 0.6 is 0 Å². The van der Waals surface area contributed by atoms with E-state index >= 15 is 0 Å². The molecule has 0 aliphatic carbocycles. The Morgan fingerprint density at radius 2 is 2.19 bits per heavy atom. The highest BCUT2D eigenvalue weighted by Crippen LogP contribution is 2.21. The summed E-state index contributed by atoms with van der Waals surface area (Å²) in [6.45, 7) is 2.09. The van der Waals surface area contributed by atoms with Gasteiger partial charge in [0, 0.05) is 17.1 Å². The number of aromatic amines is 1. The fourth-order valence-corrected chi connectivity index (χ4v) is 1.87. The van der Waals surface area contributed by atoms with E-state index in [0.717, 1.165) is 24.1 Å². The number of hydrogen-bond donors (Lipinski definition) is 1. The maximum atomic E-state index is 11.9. The molecule has 0 spiro atoms. The van der Waals surface area contributed by atoms with Crippen molar-refractivity contribution in [1.29, 1.82) is 0 Å². The minimum absolute atomic E-state index is 0.0519. The third-order valence-electron chi connectivity index (χ3n) is 2.62. The molecule has 1 N–H and O–H groups in total. The summed E-state index contributed by atoms with van der Waals surface area (Å²) >= 11 is 0. The second-order valence-corrected chi connectivity index (χ2v) is 3.79. The first-order valence-electron chi connectivity index (χ1n) is 5.45. The fourth-order valence-electron chi connectivity index (χ4n) is 1.87. The monoisotopic (exact) mass is 217 g/mol. The van der Waals surface area contributed by atoms with Gasteiger partial charge >= 0.3 is 0 Å². The van der Waals surface area contributed by atoms with E-state index in [9.17, 15) is 4.79 Å². The number of benzene rings is 1. The molecule has 0 atom stereocenters. The largest absolute Gasteiger partial charge is 0.495 e. The molecule has 3 nitrogen and oxygen atoms in total. The Hall–Kier alpha value is -1.77. The lowest BCUT2D eigenvalue weighted by Gasteiger charge is -2.07. The van der Waals surface area contributed by atoms with Gasteiger partial charge in [0.2, 0.25) is 0 Å². The van der Waals surface area contributed by atoms with Crippen molar-refractivity contribution in [3.05, 3.63) is 40.2 Å². The molecule has 0 aliphatic heterocycles. The van der Waals surface area contributed by atoms with E-state index in [-0.39, 0.29) is 5.43 Å². The lowest BCUT2D eigenvalue weighted by Crippen LogP contribution is -2.05. The molecule has 0 fully saturated rings. The van der Waals surface area contributed by atoms with Crippen molar-refractivity contribution in [3.8, 4) is 5.75 Å². The number of fused-ring (bicyclic) bond motifs is 1. The molecule has 0 radical (unpaired) electrons. The van der Waals surface area contributed by atoms with Gasteiger partial charge in [-0.15, -0.1) is 0 Å². The van der Waals surface area contributed by atoms with Crippen LogP contribution in [0.15, 0.2) is 29.1 Å². The summed E-state index contributed by atoms with van der Waals surface area (Å²) in [6.07, 6.45) is 1.89. The van der Waals surface area contributed by atoms with Gasteiger partial charge in [0.05, 0.1) is 12.6 Å². The average molecular weight is 217 g/mol. The van der Waals surface area contributed by atoms with Crippen LogP contribution in [0.1, 0.15) is 19.0 Å². The summed E-state index contributed by atoms with van der Waals surface area (Å²) in [5.41, 5.74) is 1.81. The maximum Gasteiger partial charge on any atom is 0.189 e. The molecule has 3 heteroatoms. The highest BCUT2D eigenvalue weighted by molar-refractivity contribution is 5.84. The molecule has 1 aromatic heterocycles. The molecular weight excluding hydrogens is 202 g/mol. The highest BCUT2D eigenvalue weighted by Gasteiger charge is 2.05. The van der Waals surface area contributed by atoms with Gasteiger partial charge < -0.3 is 9.72 Å². The van der Waals surface area contributed by atoms with Crippen LogP contribution in [0.25, 0.3) is 10.9 Å². The van der Waals surface area contributed by atoms with Crippen molar-refractivity contribution in [2.75, 3.05) is 7.11 Å². The molecule has 0 saturated carbocycles. The summed E-state index contributed by atoms with van der Waals surface area (Å²) in [5, 5.41) is 0.680. The van der Waals surface area contributed by atoms with Crippen molar-refractivity contribution in [2.24, 2.45) is 0 Å². The minimum atomic E-state index is 0.0519. The molecule has 16 heavy (non-hydrogen) atoms. The van der Waals surface area contributed by atoms with Crippen LogP contribution in [0.2, 0.25) is 0 Å². The summed E-state index contributed by atoms with van der Waals surface area (Å²) < 4.78 is 5.25. The van der Waals surface area contributed by atoms with Crippen LogP contribution in [-0.4, -0.2) is 12.1 Å². The quantitative estimate of drug-likeness (QED) is 0.858. The van der Waals surface area contributed by atoms with E-state index in [1.807, 2.05) is 18.2 Å². The van der Waals surface area contributed by atoms with Gasteiger partial charge in [-0.2, -0.15) is 0 Å². The number of nitrogens with one attached hydrogen (secondary N) is 1. The number of para-hydroxylation sites is 1.